The van der Waals surface area contributed by atoms with Crippen LogP contribution < -0.4 is 9.47 Å². The first-order chi connectivity index (χ1) is 16.2. The summed E-state index contributed by atoms with van der Waals surface area (Å²) < 4.78 is 16.4. The van der Waals surface area contributed by atoms with Gasteiger partial charge in [-0.05, 0) is 42.3 Å². The van der Waals surface area contributed by atoms with Crippen LogP contribution in [0, 0.1) is 0 Å². The number of carbonyl (C=O) groups is 2. The maximum atomic E-state index is 13.8. The van der Waals surface area contributed by atoms with Gasteiger partial charge in [-0.3, -0.25) is 4.79 Å². The molecule has 0 amide bonds. The molecule has 1 heterocycles. The third-order valence-electron chi connectivity index (χ3n) is 5.38. The lowest BCUT2D eigenvalue weighted by Gasteiger charge is -2.15. The molecule has 3 rings (SSSR count). The smallest absolute Gasteiger partial charge is 0.331 e. The molecule has 1 aromatic heterocycles. The predicted molar refractivity (Wildman–Crippen MR) is 130 cm³/mol. The first kappa shape index (κ1) is 25.1. The first-order valence-electron chi connectivity index (χ1n) is 10.7. The summed E-state index contributed by atoms with van der Waals surface area (Å²) in [5.74, 6) is -0.216. The minimum Gasteiger partial charge on any atom is -0.493 e. The summed E-state index contributed by atoms with van der Waals surface area (Å²) in [4.78, 5) is 25.4. The Balaban J connectivity index is 2.30. The fraction of sp³-hybridized carbons (Fsp3) is 0.269. The van der Waals surface area contributed by atoms with Crippen LogP contribution in [0.15, 0.2) is 46.5 Å². The number of ether oxygens (including phenoxy) is 2. The van der Waals surface area contributed by atoms with E-state index in [9.17, 15) is 14.7 Å². The van der Waals surface area contributed by atoms with Crippen molar-refractivity contribution < 1.29 is 28.7 Å². The average Bonchev–Trinajstić information content (AvgIpc) is 3.24. The zero-order valence-corrected chi connectivity index (χ0v) is 20.4. The molecule has 0 aliphatic carbocycles. The Morgan fingerprint density at radius 2 is 1.88 bits per heavy atom. The summed E-state index contributed by atoms with van der Waals surface area (Å²) >= 11 is 6.30. The van der Waals surface area contributed by atoms with Crippen molar-refractivity contribution in [2.45, 2.75) is 33.1 Å². The average molecular weight is 484 g/mol. The van der Waals surface area contributed by atoms with Crippen molar-refractivity contribution in [1.29, 1.82) is 0 Å². The Labute approximate surface area is 202 Å². The Morgan fingerprint density at radius 3 is 2.47 bits per heavy atom. The van der Waals surface area contributed by atoms with Gasteiger partial charge in [-0.2, -0.15) is 0 Å². The van der Waals surface area contributed by atoms with Crippen molar-refractivity contribution in [1.82, 2.24) is 5.16 Å². The largest absolute Gasteiger partial charge is 0.493 e. The van der Waals surface area contributed by atoms with Crippen LogP contribution in [-0.4, -0.2) is 36.2 Å². The van der Waals surface area contributed by atoms with Crippen LogP contribution in [-0.2, 0) is 4.79 Å². The van der Waals surface area contributed by atoms with Crippen LogP contribution in [0.4, 0.5) is 0 Å². The van der Waals surface area contributed by atoms with Gasteiger partial charge in [0.1, 0.15) is 11.5 Å². The number of hydrogen-bond acceptors (Lipinski definition) is 6. The number of halogens is 1. The standard InChI is InChI=1S/C26H26ClNO6/c1-6-15(26(30)31)12-20-22(24(14(2)3)34-28-20)17-11-10-16(27)13-19(17)23(29)18-8-7-9-21(32-4)25(18)33-5/h7-14H,6H2,1-5H3,(H,30,31)/b15-12+. The molecule has 0 fully saturated rings. The van der Waals surface area contributed by atoms with Crippen LogP contribution in [0.5, 0.6) is 11.5 Å². The van der Waals surface area contributed by atoms with Crippen molar-refractivity contribution in [3.63, 3.8) is 0 Å². The summed E-state index contributed by atoms with van der Waals surface area (Å²) in [6, 6.07) is 9.99. The zero-order chi connectivity index (χ0) is 25.0. The highest BCUT2D eigenvalue weighted by Gasteiger charge is 2.27. The number of rotatable bonds is 9. The number of carboxylic acid groups (broad SMARTS) is 1. The third kappa shape index (κ3) is 4.84. The molecule has 0 saturated heterocycles. The van der Waals surface area contributed by atoms with Crippen LogP contribution in [0.2, 0.25) is 5.02 Å². The maximum Gasteiger partial charge on any atom is 0.331 e. The molecular formula is C26H26ClNO6. The minimum atomic E-state index is -1.05. The fourth-order valence-electron chi connectivity index (χ4n) is 3.69. The van der Waals surface area contributed by atoms with E-state index in [-0.39, 0.29) is 17.3 Å². The van der Waals surface area contributed by atoms with E-state index in [0.29, 0.717) is 56.7 Å². The van der Waals surface area contributed by atoms with Gasteiger partial charge >= 0.3 is 5.97 Å². The quantitative estimate of drug-likeness (QED) is 0.284. The first-order valence-corrected chi connectivity index (χ1v) is 11.1. The van der Waals surface area contributed by atoms with E-state index in [2.05, 4.69) is 5.16 Å². The maximum absolute atomic E-state index is 13.8. The van der Waals surface area contributed by atoms with Crippen molar-refractivity contribution in [3.05, 3.63) is 69.6 Å². The second-order valence-corrected chi connectivity index (χ2v) is 8.29. The number of para-hydroxylation sites is 1. The summed E-state index contributed by atoms with van der Waals surface area (Å²) in [7, 11) is 2.96. The molecule has 0 aliphatic heterocycles. The molecule has 3 aromatic rings. The molecule has 2 aromatic carbocycles. The SMILES string of the molecule is CC/C(=C\c1noc(C(C)C)c1-c1ccc(Cl)cc1C(=O)c1cccc(OC)c1OC)C(=O)O. The van der Waals surface area contributed by atoms with Crippen LogP contribution in [0.1, 0.15) is 60.5 Å². The number of nitrogens with zero attached hydrogens (tertiary/aromatic N) is 1. The van der Waals surface area contributed by atoms with E-state index in [1.165, 1.54) is 20.3 Å². The molecule has 0 radical (unpaired) electrons. The van der Waals surface area contributed by atoms with E-state index in [1.54, 1.807) is 43.3 Å². The number of hydrogen-bond donors (Lipinski definition) is 1. The summed E-state index contributed by atoms with van der Waals surface area (Å²) in [5.41, 5.74) is 2.16. The lowest BCUT2D eigenvalue weighted by molar-refractivity contribution is -0.132. The predicted octanol–water partition coefficient (Wildman–Crippen LogP) is 6.24. The number of ketones is 1. The molecule has 178 valence electrons. The molecule has 0 saturated carbocycles. The molecule has 34 heavy (non-hydrogen) atoms. The van der Waals surface area contributed by atoms with E-state index >= 15 is 0 Å². The molecule has 1 N–H and O–H groups in total. The molecule has 8 heteroatoms. The number of aromatic nitrogens is 1. The normalized spacial score (nSPS) is 11.6. The second kappa shape index (κ2) is 10.6. The van der Waals surface area contributed by atoms with E-state index in [0.717, 1.165) is 0 Å². The Hall–Kier alpha value is -3.58. The molecule has 0 bridgehead atoms. The van der Waals surface area contributed by atoms with Gasteiger partial charge in [0.2, 0.25) is 0 Å². The van der Waals surface area contributed by atoms with Crippen LogP contribution in [0.25, 0.3) is 17.2 Å². The lowest BCUT2D eigenvalue weighted by atomic mass is 9.90. The van der Waals surface area contributed by atoms with E-state index < -0.39 is 5.97 Å². The minimum absolute atomic E-state index is 0.0791. The topological polar surface area (TPSA) is 98.9 Å². The summed E-state index contributed by atoms with van der Waals surface area (Å²) in [5, 5.41) is 14.0. The number of carbonyl (C=O) groups excluding carboxylic acids is 1. The number of aliphatic carboxylic acids is 1. The number of benzene rings is 2. The van der Waals surface area contributed by atoms with Gasteiger partial charge in [-0.15, -0.1) is 0 Å². The highest BCUT2D eigenvalue weighted by molar-refractivity contribution is 6.31. The second-order valence-electron chi connectivity index (χ2n) is 7.85. The Kier molecular flexibility index (Phi) is 7.79. The Morgan fingerprint density at radius 1 is 1.15 bits per heavy atom. The number of methoxy groups -OCH3 is 2. The third-order valence-corrected chi connectivity index (χ3v) is 5.61. The molecule has 7 nitrogen and oxygen atoms in total. The molecule has 0 spiro atoms. The monoisotopic (exact) mass is 483 g/mol. The Bertz CT molecular complexity index is 1260. The van der Waals surface area contributed by atoms with Crippen molar-refractivity contribution in [2.75, 3.05) is 14.2 Å². The van der Waals surface area contributed by atoms with Gasteiger partial charge in [0.25, 0.3) is 0 Å². The van der Waals surface area contributed by atoms with Gasteiger partial charge in [0.15, 0.2) is 17.3 Å². The summed E-state index contributed by atoms with van der Waals surface area (Å²) in [6.07, 6.45) is 1.77. The lowest BCUT2D eigenvalue weighted by Crippen LogP contribution is -2.08. The number of carboxylic acids is 1. The van der Waals surface area contributed by atoms with Crippen LogP contribution in [0.3, 0.4) is 0 Å². The summed E-state index contributed by atoms with van der Waals surface area (Å²) in [6.45, 7) is 5.60. The van der Waals surface area contributed by atoms with Gasteiger partial charge in [-0.25, -0.2) is 4.79 Å². The molecule has 0 atom stereocenters. The van der Waals surface area contributed by atoms with Gasteiger partial charge in [-0.1, -0.05) is 49.7 Å². The van der Waals surface area contributed by atoms with Gasteiger partial charge < -0.3 is 19.1 Å². The molecular weight excluding hydrogens is 458 g/mol. The van der Waals surface area contributed by atoms with Crippen molar-refractivity contribution in [2.24, 2.45) is 0 Å². The molecule has 0 aliphatic rings. The highest BCUT2D eigenvalue weighted by Crippen LogP contribution is 2.39. The van der Waals surface area contributed by atoms with Crippen molar-refractivity contribution >= 4 is 29.4 Å². The van der Waals surface area contributed by atoms with Crippen molar-refractivity contribution in [3.8, 4) is 22.6 Å². The zero-order valence-electron chi connectivity index (χ0n) is 19.6. The van der Waals surface area contributed by atoms with E-state index in [4.69, 9.17) is 25.6 Å². The highest BCUT2D eigenvalue weighted by atomic mass is 35.5. The van der Waals surface area contributed by atoms with E-state index in [1.807, 2.05) is 13.8 Å². The van der Waals surface area contributed by atoms with Gasteiger partial charge in [0, 0.05) is 22.1 Å². The van der Waals surface area contributed by atoms with Crippen LogP contribution >= 0.6 is 11.6 Å². The molecule has 0 unspecified atom stereocenters. The van der Waals surface area contributed by atoms with Gasteiger partial charge in [0.05, 0.1) is 25.3 Å². The fourth-order valence-corrected chi connectivity index (χ4v) is 3.86.